The molecule has 1 atom stereocenters. The Bertz CT molecular complexity index is 1030. The molecule has 1 aromatic heterocycles. The number of hydrogen-bond donors (Lipinski definition) is 1. The predicted molar refractivity (Wildman–Crippen MR) is 119 cm³/mol. The molecule has 0 saturated heterocycles. The van der Waals surface area contributed by atoms with Crippen LogP contribution in [0.4, 0.5) is 0 Å². The Morgan fingerprint density at radius 2 is 1.82 bits per heavy atom. The fraction of sp³-hybridized carbons (Fsp3) is 0.417. The van der Waals surface area contributed by atoms with Crippen LogP contribution in [0.25, 0.3) is 0 Å². The van der Waals surface area contributed by atoms with Crippen LogP contribution in [0.15, 0.2) is 47.1 Å². The zero-order chi connectivity index (χ0) is 24.2. The van der Waals surface area contributed by atoms with Gasteiger partial charge in [-0.3, -0.25) is 14.4 Å². The van der Waals surface area contributed by atoms with Crippen molar-refractivity contribution in [2.45, 2.75) is 45.3 Å². The number of hydrogen-bond acceptors (Lipinski definition) is 6. The van der Waals surface area contributed by atoms with Crippen LogP contribution in [0, 0.1) is 0 Å². The number of nitrogens with zero attached hydrogens (tertiary/aromatic N) is 2. The van der Waals surface area contributed by atoms with Gasteiger partial charge in [-0.2, -0.15) is 0 Å². The number of nitrogens with one attached hydrogen (secondary N) is 1. The van der Waals surface area contributed by atoms with Gasteiger partial charge in [0.05, 0.1) is 12.8 Å². The predicted octanol–water partition coefficient (Wildman–Crippen LogP) is 1.76. The molecule has 1 unspecified atom stereocenters. The summed E-state index contributed by atoms with van der Waals surface area (Å²) in [7, 11) is 1.46. The van der Waals surface area contributed by atoms with Crippen LogP contribution < -0.4 is 5.32 Å². The third-order valence-electron chi connectivity index (χ3n) is 5.17. The maximum atomic E-state index is 13.0. The Morgan fingerprint density at radius 3 is 2.45 bits per heavy atom. The highest BCUT2D eigenvalue weighted by Gasteiger charge is 2.37. The zero-order valence-electron chi connectivity index (χ0n) is 19.3. The number of fused-ring (bicyclic) bond motifs is 1. The van der Waals surface area contributed by atoms with Gasteiger partial charge in [0.1, 0.15) is 6.04 Å². The summed E-state index contributed by atoms with van der Waals surface area (Å²) in [6.45, 7) is 5.05. The van der Waals surface area contributed by atoms with Gasteiger partial charge in [-0.05, 0) is 44.0 Å². The molecule has 0 saturated carbocycles. The van der Waals surface area contributed by atoms with E-state index in [0.717, 1.165) is 11.1 Å². The fourth-order valence-corrected chi connectivity index (χ4v) is 3.59. The average molecular weight is 456 g/mol. The van der Waals surface area contributed by atoms with Crippen LogP contribution in [0.2, 0.25) is 0 Å². The monoisotopic (exact) mass is 455 g/mol. The summed E-state index contributed by atoms with van der Waals surface area (Å²) in [6.07, 6.45) is 1.66. The summed E-state index contributed by atoms with van der Waals surface area (Å²) in [5.74, 6) is -1.84. The van der Waals surface area contributed by atoms with E-state index in [4.69, 9.17) is 9.15 Å². The van der Waals surface area contributed by atoms with Gasteiger partial charge >= 0.3 is 5.97 Å². The number of carbonyl (C=O) groups excluding carboxylic acids is 4. The molecule has 1 aliphatic rings. The molecule has 0 aliphatic carbocycles. The van der Waals surface area contributed by atoms with Gasteiger partial charge in [-0.25, -0.2) is 4.79 Å². The molecule has 0 fully saturated rings. The molecule has 3 amide bonds. The molecule has 1 aliphatic heterocycles. The minimum Gasteiger partial charge on any atom is -0.459 e. The molecule has 9 nitrogen and oxygen atoms in total. The van der Waals surface area contributed by atoms with Crippen molar-refractivity contribution in [1.82, 2.24) is 15.1 Å². The van der Waals surface area contributed by atoms with E-state index in [1.165, 1.54) is 29.2 Å². The summed E-state index contributed by atoms with van der Waals surface area (Å²) in [5, 5.41) is 2.77. The van der Waals surface area contributed by atoms with Gasteiger partial charge < -0.3 is 24.3 Å². The molecule has 0 bridgehead atoms. The van der Waals surface area contributed by atoms with E-state index in [9.17, 15) is 19.2 Å². The second kappa shape index (κ2) is 9.89. The van der Waals surface area contributed by atoms with E-state index in [0.29, 0.717) is 0 Å². The minimum atomic E-state index is -0.903. The van der Waals surface area contributed by atoms with Crippen LogP contribution in [0.5, 0.6) is 0 Å². The Morgan fingerprint density at radius 1 is 1.12 bits per heavy atom. The van der Waals surface area contributed by atoms with Gasteiger partial charge in [0.15, 0.2) is 12.4 Å². The third-order valence-corrected chi connectivity index (χ3v) is 5.17. The van der Waals surface area contributed by atoms with Crippen molar-refractivity contribution in [3.05, 3.63) is 59.5 Å². The van der Waals surface area contributed by atoms with E-state index in [1.807, 2.05) is 45.0 Å². The van der Waals surface area contributed by atoms with Gasteiger partial charge in [0.2, 0.25) is 5.91 Å². The van der Waals surface area contributed by atoms with E-state index >= 15 is 0 Å². The highest BCUT2D eigenvalue weighted by Crippen LogP contribution is 2.26. The summed E-state index contributed by atoms with van der Waals surface area (Å²) < 4.78 is 10.5. The van der Waals surface area contributed by atoms with Gasteiger partial charge in [0, 0.05) is 25.6 Å². The molecule has 0 spiro atoms. The van der Waals surface area contributed by atoms with Crippen molar-refractivity contribution in [3.8, 4) is 0 Å². The average Bonchev–Trinajstić information content (AvgIpc) is 3.29. The molecule has 9 heteroatoms. The first-order chi connectivity index (χ1) is 15.5. The van der Waals surface area contributed by atoms with E-state index in [-0.39, 0.29) is 31.2 Å². The number of amides is 3. The van der Waals surface area contributed by atoms with Crippen molar-refractivity contribution in [2.75, 3.05) is 20.2 Å². The maximum Gasteiger partial charge on any atom is 0.329 e. The highest BCUT2D eigenvalue weighted by atomic mass is 16.5. The fourth-order valence-electron chi connectivity index (χ4n) is 3.59. The standard InChI is InChI=1S/C24H29N3O6/c1-24(2,3)25-20(28)14-26(4)21(29)15-33-23(31)18-12-16-8-5-6-9-17(16)13-27(18)22(30)19-10-7-11-32-19/h5-11,18H,12-15H2,1-4H3,(H,25,28). The van der Waals surface area contributed by atoms with Gasteiger partial charge in [-0.1, -0.05) is 24.3 Å². The maximum absolute atomic E-state index is 13.0. The lowest BCUT2D eigenvalue weighted by Crippen LogP contribution is -2.50. The number of benzene rings is 1. The number of furan rings is 1. The number of rotatable bonds is 6. The molecule has 176 valence electrons. The van der Waals surface area contributed by atoms with E-state index < -0.39 is 36.0 Å². The molecule has 1 aromatic carbocycles. The zero-order valence-corrected chi connectivity index (χ0v) is 19.3. The van der Waals surface area contributed by atoms with Crippen molar-refractivity contribution in [1.29, 1.82) is 0 Å². The number of ether oxygens (including phenoxy) is 1. The second-order valence-corrected chi connectivity index (χ2v) is 9.05. The molecule has 2 aromatic rings. The van der Waals surface area contributed by atoms with Crippen LogP contribution in [0.3, 0.4) is 0 Å². The summed E-state index contributed by atoms with van der Waals surface area (Å²) in [4.78, 5) is 52.9. The summed E-state index contributed by atoms with van der Waals surface area (Å²) >= 11 is 0. The Balaban J connectivity index is 1.65. The molecule has 33 heavy (non-hydrogen) atoms. The quantitative estimate of drug-likeness (QED) is 0.665. The Hall–Kier alpha value is -3.62. The largest absolute Gasteiger partial charge is 0.459 e. The highest BCUT2D eigenvalue weighted by molar-refractivity contribution is 5.95. The number of carbonyl (C=O) groups is 4. The van der Waals surface area contributed by atoms with Crippen LogP contribution in [0.1, 0.15) is 42.5 Å². The number of likely N-dealkylation sites (N-methyl/N-ethyl adjacent to an activating group) is 1. The normalized spacial score (nSPS) is 15.4. The minimum absolute atomic E-state index is 0.118. The Labute approximate surface area is 192 Å². The molecule has 0 radical (unpaired) electrons. The summed E-state index contributed by atoms with van der Waals surface area (Å²) in [6, 6.07) is 9.77. The first-order valence-electron chi connectivity index (χ1n) is 10.7. The van der Waals surface area contributed by atoms with Crippen LogP contribution in [-0.4, -0.2) is 65.3 Å². The lowest BCUT2D eigenvalue weighted by molar-refractivity contribution is -0.156. The number of esters is 1. The third kappa shape index (κ3) is 6.21. The second-order valence-electron chi connectivity index (χ2n) is 9.05. The molecule has 1 N–H and O–H groups in total. The van der Waals surface area contributed by atoms with E-state index in [2.05, 4.69) is 5.32 Å². The van der Waals surface area contributed by atoms with Crippen molar-refractivity contribution in [2.24, 2.45) is 0 Å². The van der Waals surface area contributed by atoms with Crippen molar-refractivity contribution in [3.63, 3.8) is 0 Å². The lowest BCUT2D eigenvalue weighted by atomic mass is 9.93. The topological polar surface area (TPSA) is 109 Å². The molecule has 3 rings (SSSR count). The van der Waals surface area contributed by atoms with Crippen LogP contribution >= 0.6 is 0 Å². The first kappa shape index (κ1) is 24.0. The first-order valence-corrected chi connectivity index (χ1v) is 10.7. The van der Waals surface area contributed by atoms with Crippen molar-refractivity contribution >= 4 is 23.7 Å². The van der Waals surface area contributed by atoms with Gasteiger partial charge in [0.25, 0.3) is 11.8 Å². The smallest absolute Gasteiger partial charge is 0.329 e. The Kier molecular flexibility index (Phi) is 7.20. The van der Waals surface area contributed by atoms with Crippen molar-refractivity contribution < 1.29 is 28.3 Å². The lowest BCUT2D eigenvalue weighted by Gasteiger charge is -2.35. The molecule has 2 heterocycles. The SMILES string of the molecule is CN(CC(=O)NC(C)(C)C)C(=O)COC(=O)C1Cc2ccccc2CN1C(=O)c1ccco1. The van der Waals surface area contributed by atoms with Crippen LogP contribution in [-0.2, 0) is 32.1 Å². The molecular weight excluding hydrogens is 426 g/mol. The van der Waals surface area contributed by atoms with E-state index in [1.54, 1.807) is 6.07 Å². The van der Waals surface area contributed by atoms with Gasteiger partial charge in [-0.15, -0.1) is 0 Å². The summed E-state index contributed by atoms with van der Waals surface area (Å²) in [5.41, 5.74) is 1.45. The molecular formula is C24H29N3O6.